The first-order valence-electron chi connectivity index (χ1n) is 10.4. The van der Waals surface area contributed by atoms with Gasteiger partial charge in [0, 0.05) is 24.3 Å². The van der Waals surface area contributed by atoms with Crippen molar-refractivity contribution < 1.29 is 23.8 Å². The molecule has 5 rings (SSSR count). The number of aliphatic hydroxyl groups excluding tert-OH is 1. The summed E-state index contributed by atoms with van der Waals surface area (Å²) in [5.74, 6) is -1.02. The maximum absolute atomic E-state index is 13.6. The Kier molecular flexibility index (Phi) is 5.14. The summed E-state index contributed by atoms with van der Waals surface area (Å²) < 4.78 is 11.0. The summed E-state index contributed by atoms with van der Waals surface area (Å²) >= 11 is 0. The van der Waals surface area contributed by atoms with Crippen molar-refractivity contribution >= 4 is 22.7 Å². The second-order valence-corrected chi connectivity index (χ2v) is 7.70. The summed E-state index contributed by atoms with van der Waals surface area (Å²) in [6, 6.07) is 18.7. The molecular formula is C26H20N2O5. The minimum absolute atomic E-state index is 0.0155. The highest BCUT2D eigenvalue weighted by Crippen LogP contribution is 2.40. The zero-order valence-electron chi connectivity index (χ0n) is 17.8. The Bertz CT molecular complexity index is 1340. The predicted molar refractivity (Wildman–Crippen MR) is 121 cm³/mol. The number of Topliss-reactive ketones (excluding diaryl/α,β-unsaturated/α-hetero) is 1. The van der Waals surface area contributed by atoms with Gasteiger partial charge in [-0.15, -0.1) is 0 Å². The highest BCUT2D eigenvalue weighted by atomic mass is 16.5. The first kappa shape index (κ1) is 20.5. The third-order valence-electron chi connectivity index (χ3n) is 5.73. The molecule has 1 amide bonds. The number of nitrogens with zero attached hydrogens (tertiary/aromatic N) is 2. The highest BCUT2D eigenvalue weighted by molar-refractivity contribution is 6.16. The number of para-hydroxylation sites is 1. The van der Waals surface area contributed by atoms with Crippen LogP contribution >= 0.6 is 0 Å². The Balaban J connectivity index is 1.59. The number of carbonyl (C=O) groups excluding carboxylic acids is 2. The molecule has 164 valence electrons. The molecule has 0 spiro atoms. The summed E-state index contributed by atoms with van der Waals surface area (Å²) in [5, 5.41) is 11.6. The number of hydrogen-bond donors (Lipinski definition) is 1. The molecule has 1 atom stereocenters. The number of pyridine rings is 1. The van der Waals surface area contributed by atoms with Crippen molar-refractivity contribution in [1.29, 1.82) is 0 Å². The van der Waals surface area contributed by atoms with Crippen LogP contribution in [0.1, 0.15) is 27.7 Å². The Hall–Kier alpha value is -4.39. The topological polar surface area (TPSA) is 92.9 Å². The number of aromatic nitrogens is 1. The van der Waals surface area contributed by atoms with Crippen molar-refractivity contribution in [3.05, 3.63) is 107 Å². The molecule has 7 heteroatoms. The summed E-state index contributed by atoms with van der Waals surface area (Å²) in [5.41, 5.74) is 2.03. The lowest BCUT2D eigenvalue weighted by Gasteiger charge is -2.27. The molecule has 4 aromatic rings. The highest BCUT2D eigenvalue weighted by Gasteiger charge is 2.44. The SMILES string of the molecule is COc1ccc(C2C(C(=O)c3cc4ccccc4o3)=C(O)C(=O)N2Cc2ccncc2)cc1. The van der Waals surface area contributed by atoms with Crippen LogP contribution in [0.15, 0.2) is 94.9 Å². The molecule has 1 aliphatic heterocycles. The van der Waals surface area contributed by atoms with E-state index in [1.165, 1.54) is 4.90 Å². The Morgan fingerprint density at radius 3 is 2.52 bits per heavy atom. The van der Waals surface area contributed by atoms with E-state index in [0.717, 1.165) is 10.9 Å². The standard InChI is InChI=1S/C26H20N2O5/c1-32-19-8-6-17(7-9-19)23-22(24(29)21-14-18-4-2-3-5-20(18)33-21)25(30)26(31)28(23)15-16-10-12-27-13-11-16/h2-14,23,30H,15H2,1H3. The zero-order chi connectivity index (χ0) is 22.9. The number of benzene rings is 2. The van der Waals surface area contributed by atoms with Crippen LogP contribution in [0.4, 0.5) is 0 Å². The van der Waals surface area contributed by atoms with Gasteiger partial charge in [-0.2, -0.15) is 0 Å². The molecule has 1 N–H and O–H groups in total. The maximum atomic E-state index is 13.6. The van der Waals surface area contributed by atoms with Gasteiger partial charge in [0.05, 0.1) is 18.7 Å². The number of ketones is 1. The molecule has 0 saturated heterocycles. The monoisotopic (exact) mass is 440 g/mol. The van der Waals surface area contributed by atoms with Crippen molar-refractivity contribution in [2.45, 2.75) is 12.6 Å². The minimum Gasteiger partial charge on any atom is -0.503 e. The summed E-state index contributed by atoms with van der Waals surface area (Å²) in [6.07, 6.45) is 3.26. The number of carbonyl (C=O) groups is 2. The first-order valence-corrected chi connectivity index (χ1v) is 10.4. The van der Waals surface area contributed by atoms with E-state index in [4.69, 9.17) is 9.15 Å². The van der Waals surface area contributed by atoms with E-state index in [0.29, 0.717) is 16.9 Å². The van der Waals surface area contributed by atoms with E-state index >= 15 is 0 Å². The van der Waals surface area contributed by atoms with Gasteiger partial charge in [0.15, 0.2) is 11.5 Å². The van der Waals surface area contributed by atoms with Gasteiger partial charge in [-0.25, -0.2) is 0 Å². The van der Waals surface area contributed by atoms with Crippen molar-refractivity contribution in [3.63, 3.8) is 0 Å². The lowest BCUT2D eigenvalue weighted by molar-refractivity contribution is -0.130. The van der Waals surface area contributed by atoms with Gasteiger partial charge in [-0.1, -0.05) is 30.3 Å². The molecule has 33 heavy (non-hydrogen) atoms. The van der Waals surface area contributed by atoms with Crippen LogP contribution in [0.25, 0.3) is 11.0 Å². The Morgan fingerprint density at radius 2 is 1.82 bits per heavy atom. The van der Waals surface area contributed by atoms with Crippen LogP contribution in [0.3, 0.4) is 0 Å². The van der Waals surface area contributed by atoms with Crippen molar-refractivity contribution in [2.75, 3.05) is 7.11 Å². The minimum atomic E-state index is -0.794. The second kappa shape index (κ2) is 8.27. The van der Waals surface area contributed by atoms with Gasteiger partial charge in [0.2, 0.25) is 5.78 Å². The van der Waals surface area contributed by atoms with Crippen LogP contribution in [0.2, 0.25) is 0 Å². The molecule has 2 aromatic carbocycles. The predicted octanol–water partition coefficient (Wildman–Crippen LogP) is 4.61. The molecule has 2 aromatic heterocycles. The first-order chi connectivity index (χ1) is 16.1. The third kappa shape index (κ3) is 3.63. The molecule has 7 nitrogen and oxygen atoms in total. The molecule has 0 radical (unpaired) electrons. The van der Waals surface area contributed by atoms with Gasteiger partial charge >= 0.3 is 0 Å². The molecule has 1 unspecified atom stereocenters. The summed E-state index contributed by atoms with van der Waals surface area (Å²) in [6.45, 7) is 0.193. The fraction of sp³-hybridized carbons (Fsp3) is 0.115. The fourth-order valence-corrected chi connectivity index (χ4v) is 4.09. The van der Waals surface area contributed by atoms with Crippen LogP contribution in [0, 0.1) is 0 Å². The van der Waals surface area contributed by atoms with Gasteiger partial charge in [-0.05, 0) is 47.5 Å². The lowest BCUT2D eigenvalue weighted by Crippen LogP contribution is -2.30. The second-order valence-electron chi connectivity index (χ2n) is 7.70. The Labute approximate surface area is 189 Å². The largest absolute Gasteiger partial charge is 0.503 e. The number of fused-ring (bicyclic) bond motifs is 1. The number of aliphatic hydroxyl groups is 1. The van der Waals surface area contributed by atoms with Gasteiger partial charge in [0.25, 0.3) is 5.91 Å². The average Bonchev–Trinajstić information content (AvgIpc) is 3.39. The van der Waals surface area contributed by atoms with E-state index in [2.05, 4.69) is 4.98 Å². The number of hydrogen-bond acceptors (Lipinski definition) is 6. The summed E-state index contributed by atoms with van der Waals surface area (Å²) in [7, 11) is 1.56. The van der Waals surface area contributed by atoms with Crippen molar-refractivity contribution in [2.24, 2.45) is 0 Å². The molecule has 3 heterocycles. The fourth-order valence-electron chi connectivity index (χ4n) is 4.09. The smallest absolute Gasteiger partial charge is 0.290 e. The van der Waals surface area contributed by atoms with E-state index in [1.807, 2.05) is 18.2 Å². The van der Waals surface area contributed by atoms with Crippen LogP contribution < -0.4 is 4.74 Å². The van der Waals surface area contributed by atoms with E-state index in [-0.39, 0.29) is 17.9 Å². The number of ether oxygens (including phenoxy) is 1. The van der Waals surface area contributed by atoms with E-state index in [9.17, 15) is 14.7 Å². The van der Waals surface area contributed by atoms with Crippen molar-refractivity contribution in [1.82, 2.24) is 9.88 Å². The molecule has 0 bridgehead atoms. The van der Waals surface area contributed by atoms with Crippen molar-refractivity contribution in [3.8, 4) is 5.75 Å². The van der Waals surface area contributed by atoms with Gasteiger partial charge in [-0.3, -0.25) is 14.6 Å². The van der Waals surface area contributed by atoms with Gasteiger partial charge in [0.1, 0.15) is 11.3 Å². The molecule has 0 aliphatic carbocycles. The quantitative estimate of drug-likeness (QED) is 0.440. The molecule has 0 fully saturated rings. The Morgan fingerprint density at radius 1 is 1.09 bits per heavy atom. The molecule has 0 saturated carbocycles. The zero-order valence-corrected chi connectivity index (χ0v) is 17.8. The van der Waals surface area contributed by atoms with Crippen LogP contribution in [-0.4, -0.2) is 33.8 Å². The summed E-state index contributed by atoms with van der Waals surface area (Å²) in [4.78, 5) is 32.2. The third-order valence-corrected chi connectivity index (χ3v) is 5.73. The number of rotatable bonds is 6. The van der Waals surface area contributed by atoms with E-state index in [1.54, 1.807) is 68.0 Å². The maximum Gasteiger partial charge on any atom is 0.290 e. The normalized spacial score (nSPS) is 16.0. The molecule has 1 aliphatic rings. The van der Waals surface area contributed by atoms with Crippen LogP contribution in [0.5, 0.6) is 5.75 Å². The number of amides is 1. The van der Waals surface area contributed by atoms with Crippen LogP contribution in [-0.2, 0) is 11.3 Å². The molecular weight excluding hydrogens is 420 g/mol. The average molecular weight is 440 g/mol. The lowest BCUT2D eigenvalue weighted by atomic mass is 9.94. The number of methoxy groups -OCH3 is 1. The number of furan rings is 1. The van der Waals surface area contributed by atoms with E-state index < -0.39 is 23.5 Å². The van der Waals surface area contributed by atoms with Gasteiger partial charge < -0.3 is 19.2 Å².